The van der Waals surface area contributed by atoms with Crippen LogP contribution in [0.2, 0.25) is 0 Å². The predicted octanol–water partition coefficient (Wildman–Crippen LogP) is 0.777. The summed E-state index contributed by atoms with van der Waals surface area (Å²) in [7, 11) is 0. The van der Waals surface area contributed by atoms with Crippen molar-refractivity contribution in [2.24, 2.45) is 5.73 Å². The van der Waals surface area contributed by atoms with Gasteiger partial charge in [-0.3, -0.25) is 4.79 Å². The highest BCUT2D eigenvalue weighted by Gasteiger charge is 2.34. The number of primary amides is 1. The summed E-state index contributed by atoms with van der Waals surface area (Å²) in [6.07, 6.45) is 0. The molecule has 20 heavy (non-hydrogen) atoms. The minimum atomic E-state index is -1.03. The highest BCUT2D eigenvalue weighted by atomic mass is 32.2. The third-order valence-corrected chi connectivity index (χ3v) is 3.84. The molecule has 1 atom stereocenters. The van der Waals surface area contributed by atoms with Crippen molar-refractivity contribution < 1.29 is 19.5 Å². The van der Waals surface area contributed by atoms with Crippen LogP contribution in [0.1, 0.15) is 10.4 Å². The first-order chi connectivity index (χ1) is 9.49. The lowest BCUT2D eigenvalue weighted by atomic mass is 10.2. The maximum atomic E-state index is 12.0. The molecule has 8 heteroatoms. The zero-order chi connectivity index (χ0) is 14.7. The summed E-state index contributed by atoms with van der Waals surface area (Å²) in [5, 5.41) is 11.6. The zero-order valence-corrected chi connectivity index (χ0v) is 11.2. The summed E-state index contributed by atoms with van der Waals surface area (Å²) in [5.41, 5.74) is 5.82. The molecular weight excluding hydrogens is 282 g/mol. The Morgan fingerprint density at radius 3 is 2.80 bits per heavy atom. The topological polar surface area (TPSA) is 113 Å². The Morgan fingerprint density at radius 2 is 2.15 bits per heavy atom. The zero-order valence-electron chi connectivity index (χ0n) is 10.4. The maximum absolute atomic E-state index is 12.0. The van der Waals surface area contributed by atoms with Gasteiger partial charge in [0.1, 0.15) is 6.04 Å². The largest absolute Gasteiger partial charge is 0.480 e. The van der Waals surface area contributed by atoms with Gasteiger partial charge in [-0.2, -0.15) is 0 Å². The van der Waals surface area contributed by atoms with Gasteiger partial charge < -0.3 is 21.1 Å². The van der Waals surface area contributed by atoms with Crippen molar-refractivity contribution in [3.8, 4) is 0 Å². The summed E-state index contributed by atoms with van der Waals surface area (Å²) in [4.78, 5) is 35.3. The molecule has 106 valence electrons. The molecule has 1 aliphatic rings. The number of rotatable bonds is 3. The lowest BCUT2D eigenvalue weighted by molar-refractivity contribution is -0.140. The Kier molecular flexibility index (Phi) is 4.14. The number of nitrogens with one attached hydrogen (secondary N) is 1. The van der Waals surface area contributed by atoms with E-state index >= 15 is 0 Å². The van der Waals surface area contributed by atoms with E-state index in [1.54, 1.807) is 12.1 Å². The number of urea groups is 1. The van der Waals surface area contributed by atoms with E-state index in [9.17, 15) is 14.4 Å². The normalized spacial score (nSPS) is 17.8. The second-order valence-corrected chi connectivity index (χ2v) is 5.20. The average molecular weight is 295 g/mol. The molecule has 0 unspecified atom stereocenters. The van der Waals surface area contributed by atoms with Crippen molar-refractivity contribution in [3.05, 3.63) is 29.8 Å². The fraction of sp³-hybridized carbons (Fsp3) is 0.250. The van der Waals surface area contributed by atoms with Crippen LogP contribution in [0.25, 0.3) is 0 Å². The number of nitrogens with zero attached hydrogens (tertiary/aromatic N) is 1. The van der Waals surface area contributed by atoms with Crippen molar-refractivity contribution >= 4 is 35.4 Å². The van der Waals surface area contributed by atoms with Crippen LogP contribution < -0.4 is 11.1 Å². The molecule has 2 rings (SSSR count). The lowest BCUT2D eigenvalue weighted by Crippen LogP contribution is -2.43. The molecule has 1 aromatic rings. The number of carbonyl (C=O) groups excluding carboxylic acids is 2. The number of hydrogen-bond acceptors (Lipinski definition) is 4. The molecule has 1 aromatic carbocycles. The Labute approximate surface area is 119 Å². The minimum Gasteiger partial charge on any atom is -0.480 e. The van der Waals surface area contributed by atoms with E-state index in [-0.39, 0.29) is 5.56 Å². The summed E-state index contributed by atoms with van der Waals surface area (Å²) in [5.74, 6) is -0.945. The van der Waals surface area contributed by atoms with Gasteiger partial charge in [0.15, 0.2) is 0 Å². The first-order valence-corrected chi connectivity index (χ1v) is 6.92. The molecule has 0 saturated carbocycles. The highest BCUT2D eigenvalue weighted by Crippen LogP contribution is 2.22. The monoisotopic (exact) mass is 295 g/mol. The number of nitrogens with two attached hydrogens (primary N) is 1. The van der Waals surface area contributed by atoms with Gasteiger partial charge in [-0.25, -0.2) is 9.59 Å². The van der Waals surface area contributed by atoms with Crippen molar-refractivity contribution in [2.45, 2.75) is 6.04 Å². The van der Waals surface area contributed by atoms with E-state index in [0.717, 1.165) is 0 Å². The molecule has 3 amide bonds. The SMILES string of the molecule is NC(=O)c1cccc(NC(=O)N2CSC[C@H]2C(=O)O)c1. The molecule has 0 radical (unpaired) electrons. The number of hydrogen-bond donors (Lipinski definition) is 3. The number of carboxylic acid groups (broad SMARTS) is 1. The molecule has 1 aliphatic heterocycles. The summed E-state index contributed by atoms with van der Waals surface area (Å²) < 4.78 is 0. The smallest absolute Gasteiger partial charge is 0.327 e. The van der Waals surface area contributed by atoms with E-state index in [0.29, 0.717) is 17.3 Å². The summed E-state index contributed by atoms with van der Waals surface area (Å²) >= 11 is 1.38. The van der Waals surface area contributed by atoms with Crippen LogP contribution in [0.15, 0.2) is 24.3 Å². The number of carbonyl (C=O) groups is 3. The summed E-state index contributed by atoms with van der Waals surface area (Å²) in [6.45, 7) is 0. The molecule has 4 N–H and O–H groups in total. The molecule has 0 aliphatic carbocycles. The molecule has 1 heterocycles. The second-order valence-electron chi connectivity index (χ2n) is 4.20. The van der Waals surface area contributed by atoms with Gasteiger partial charge in [-0.05, 0) is 18.2 Å². The molecule has 0 bridgehead atoms. The number of thioether (sulfide) groups is 1. The van der Waals surface area contributed by atoms with Gasteiger partial charge in [0.05, 0.1) is 5.88 Å². The van der Waals surface area contributed by atoms with Crippen LogP contribution in [-0.2, 0) is 4.79 Å². The van der Waals surface area contributed by atoms with Crippen LogP contribution in [0, 0.1) is 0 Å². The Hall–Kier alpha value is -2.22. The number of benzene rings is 1. The van der Waals surface area contributed by atoms with Gasteiger partial charge in [-0.1, -0.05) is 6.07 Å². The molecular formula is C12H13N3O4S. The highest BCUT2D eigenvalue weighted by molar-refractivity contribution is 7.99. The fourth-order valence-corrected chi connectivity index (χ4v) is 2.94. The lowest BCUT2D eigenvalue weighted by Gasteiger charge is -2.21. The molecule has 0 spiro atoms. The third-order valence-electron chi connectivity index (χ3n) is 2.83. The van der Waals surface area contributed by atoms with Crippen LogP contribution in [-0.4, -0.2) is 45.6 Å². The van der Waals surface area contributed by atoms with E-state index < -0.39 is 23.9 Å². The number of aliphatic carboxylic acids is 1. The van der Waals surface area contributed by atoms with Crippen molar-refractivity contribution in [1.82, 2.24) is 4.90 Å². The molecule has 1 saturated heterocycles. The number of carboxylic acids is 1. The Bertz CT molecular complexity index is 563. The first-order valence-electron chi connectivity index (χ1n) is 5.77. The van der Waals surface area contributed by atoms with Gasteiger partial charge >= 0.3 is 12.0 Å². The van der Waals surface area contributed by atoms with E-state index in [1.807, 2.05) is 0 Å². The van der Waals surface area contributed by atoms with Crippen LogP contribution in [0.3, 0.4) is 0 Å². The predicted molar refractivity (Wildman–Crippen MR) is 74.6 cm³/mol. The Balaban J connectivity index is 2.09. The molecule has 1 fully saturated rings. The minimum absolute atomic E-state index is 0.272. The van der Waals surface area contributed by atoms with E-state index in [1.165, 1.54) is 28.8 Å². The molecule has 0 aromatic heterocycles. The quantitative estimate of drug-likeness (QED) is 0.762. The van der Waals surface area contributed by atoms with Gasteiger partial charge in [-0.15, -0.1) is 11.8 Å². The van der Waals surface area contributed by atoms with E-state index in [4.69, 9.17) is 10.8 Å². The first kappa shape index (κ1) is 14.2. The number of anilines is 1. The van der Waals surface area contributed by atoms with E-state index in [2.05, 4.69) is 5.32 Å². The van der Waals surface area contributed by atoms with Gasteiger partial charge in [0.2, 0.25) is 5.91 Å². The fourth-order valence-electron chi connectivity index (χ4n) is 1.79. The van der Waals surface area contributed by atoms with Crippen LogP contribution in [0.5, 0.6) is 0 Å². The average Bonchev–Trinajstić information content (AvgIpc) is 2.88. The third kappa shape index (κ3) is 3.02. The second kappa shape index (κ2) is 5.83. The standard InChI is InChI=1S/C12H13N3O4S/c13-10(16)7-2-1-3-8(4-7)14-12(19)15-6-20-5-9(15)11(17)18/h1-4,9H,5-6H2,(H2,13,16)(H,14,19)(H,17,18)/t9-/m0/s1. The Morgan fingerprint density at radius 1 is 1.40 bits per heavy atom. The van der Waals surface area contributed by atoms with Crippen LogP contribution in [0.4, 0.5) is 10.5 Å². The van der Waals surface area contributed by atoms with Crippen LogP contribution >= 0.6 is 11.8 Å². The maximum Gasteiger partial charge on any atom is 0.327 e. The number of amides is 3. The van der Waals surface area contributed by atoms with Gasteiger partial charge in [0.25, 0.3) is 0 Å². The van der Waals surface area contributed by atoms with Crippen molar-refractivity contribution in [3.63, 3.8) is 0 Å². The molecule has 7 nitrogen and oxygen atoms in total. The van der Waals surface area contributed by atoms with Crippen molar-refractivity contribution in [2.75, 3.05) is 16.9 Å². The summed E-state index contributed by atoms with van der Waals surface area (Å²) in [6, 6.07) is 4.82. The van der Waals surface area contributed by atoms with Crippen molar-refractivity contribution in [1.29, 1.82) is 0 Å². The van der Waals surface area contributed by atoms with Gasteiger partial charge in [0, 0.05) is 17.0 Å².